The third kappa shape index (κ3) is 4.65. The highest BCUT2D eigenvalue weighted by atomic mass is 35.5. The van der Waals surface area contributed by atoms with E-state index in [0.29, 0.717) is 40.7 Å². The van der Waals surface area contributed by atoms with Gasteiger partial charge < -0.3 is 24.9 Å². The van der Waals surface area contributed by atoms with Crippen molar-refractivity contribution in [3.05, 3.63) is 71.7 Å². The Morgan fingerprint density at radius 2 is 2.17 bits per heavy atom. The number of para-hydroxylation sites is 1. The predicted molar refractivity (Wildman–Crippen MR) is 135 cm³/mol. The Bertz CT molecular complexity index is 1460. The Labute approximate surface area is 211 Å². The van der Waals surface area contributed by atoms with Crippen LogP contribution in [0, 0.1) is 5.82 Å². The van der Waals surface area contributed by atoms with Crippen molar-refractivity contribution in [3.8, 4) is 28.5 Å². The summed E-state index contributed by atoms with van der Waals surface area (Å²) in [4.78, 5) is 12.9. The molecule has 0 saturated heterocycles. The van der Waals surface area contributed by atoms with Crippen molar-refractivity contribution in [2.45, 2.75) is 26.1 Å². The highest BCUT2D eigenvalue weighted by Crippen LogP contribution is 2.33. The van der Waals surface area contributed by atoms with Gasteiger partial charge in [0.1, 0.15) is 12.4 Å². The van der Waals surface area contributed by atoms with E-state index >= 15 is 0 Å². The molecule has 12 heteroatoms. The lowest BCUT2D eigenvalue weighted by atomic mass is 10.2. The van der Waals surface area contributed by atoms with Gasteiger partial charge in [0.25, 0.3) is 0 Å². The molecule has 0 spiro atoms. The van der Waals surface area contributed by atoms with Crippen LogP contribution in [0.5, 0.6) is 5.75 Å². The molecule has 10 nitrogen and oxygen atoms in total. The molecule has 184 valence electrons. The van der Waals surface area contributed by atoms with Gasteiger partial charge in [0.05, 0.1) is 22.6 Å². The lowest BCUT2D eigenvalue weighted by Crippen LogP contribution is -2.12. The number of halogens is 2. The molecule has 36 heavy (non-hydrogen) atoms. The van der Waals surface area contributed by atoms with E-state index in [9.17, 15) is 4.39 Å². The van der Waals surface area contributed by atoms with E-state index in [0.717, 1.165) is 24.2 Å². The van der Waals surface area contributed by atoms with Crippen LogP contribution in [0.1, 0.15) is 12.2 Å². The normalized spacial score (nSPS) is 13.4. The minimum Gasteiger partial charge on any atom is -0.483 e. The van der Waals surface area contributed by atoms with Crippen LogP contribution in [0.2, 0.25) is 5.02 Å². The first-order valence-corrected chi connectivity index (χ1v) is 11.6. The van der Waals surface area contributed by atoms with Crippen molar-refractivity contribution in [1.82, 2.24) is 29.3 Å². The zero-order chi connectivity index (χ0) is 25.1. The minimum atomic E-state index is -0.418. The van der Waals surface area contributed by atoms with Crippen LogP contribution in [-0.2, 0) is 19.7 Å². The summed E-state index contributed by atoms with van der Waals surface area (Å²) in [6, 6.07) is 8.26. The summed E-state index contributed by atoms with van der Waals surface area (Å²) < 4.78 is 23.7. The van der Waals surface area contributed by atoms with Crippen molar-refractivity contribution in [2.75, 3.05) is 12.4 Å². The number of amidine groups is 1. The van der Waals surface area contributed by atoms with E-state index in [1.807, 2.05) is 16.8 Å². The third-order valence-corrected chi connectivity index (χ3v) is 5.96. The standard InChI is InChI=1S/C24H23ClFN9O/c1-28-20(7-8-27)30-24-29-12-16(25)22(31-24)15-11-18-23-33-32-21(35(23)10-4-9-34(18)13-15)14-36-19-6-3-2-5-17(19)26/h2-3,5-8,11-13H,4,9-10,14,27H2,1H3,(H,28,29,30,31). The van der Waals surface area contributed by atoms with E-state index in [2.05, 4.69) is 35.0 Å². The number of ether oxygens (including phenoxy) is 1. The number of nitrogens with one attached hydrogen (secondary N) is 1. The van der Waals surface area contributed by atoms with Gasteiger partial charge in [-0.1, -0.05) is 23.7 Å². The molecule has 0 amide bonds. The van der Waals surface area contributed by atoms with Crippen molar-refractivity contribution >= 4 is 23.4 Å². The van der Waals surface area contributed by atoms with Crippen LogP contribution in [0.15, 0.2) is 60.0 Å². The summed E-state index contributed by atoms with van der Waals surface area (Å²) in [5.41, 5.74) is 7.71. The van der Waals surface area contributed by atoms with Gasteiger partial charge >= 0.3 is 0 Å². The number of nitrogens with two attached hydrogens (primary N) is 1. The molecule has 0 bridgehead atoms. The molecule has 4 heterocycles. The summed E-state index contributed by atoms with van der Waals surface area (Å²) in [7, 11) is 1.63. The Hall–Kier alpha value is -4.25. The number of nitrogens with zero attached hydrogens (tertiary/aromatic N) is 7. The van der Waals surface area contributed by atoms with Crippen LogP contribution in [-0.4, -0.2) is 42.2 Å². The average molecular weight is 508 g/mol. The Morgan fingerprint density at radius 3 is 2.97 bits per heavy atom. The van der Waals surface area contributed by atoms with Crippen molar-refractivity contribution < 1.29 is 9.13 Å². The molecule has 0 saturated carbocycles. The number of hydrogen-bond donors (Lipinski definition) is 2. The fourth-order valence-electron chi connectivity index (χ4n) is 3.99. The van der Waals surface area contributed by atoms with Crippen LogP contribution >= 0.6 is 11.6 Å². The van der Waals surface area contributed by atoms with Crippen molar-refractivity contribution in [2.24, 2.45) is 10.7 Å². The van der Waals surface area contributed by atoms with Crippen molar-refractivity contribution in [1.29, 1.82) is 0 Å². The van der Waals surface area contributed by atoms with Gasteiger partial charge in [-0.05, 0) is 36.9 Å². The van der Waals surface area contributed by atoms with E-state index in [1.54, 1.807) is 31.3 Å². The monoisotopic (exact) mass is 507 g/mol. The van der Waals surface area contributed by atoms with Crippen LogP contribution in [0.4, 0.5) is 10.3 Å². The van der Waals surface area contributed by atoms with E-state index in [-0.39, 0.29) is 12.4 Å². The summed E-state index contributed by atoms with van der Waals surface area (Å²) in [6.07, 6.45) is 7.36. The first kappa shape index (κ1) is 23.5. The second-order valence-electron chi connectivity index (χ2n) is 7.95. The second kappa shape index (κ2) is 10.2. The fraction of sp³-hybridized carbons (Fsp3) is 0.208. The predicted octanol–water partition coefficient (Wildman–Crippen LogP) is 3.89. The number of hydrogen-bond acceptors (Lipinski definition) is 7. The van der Waals surface area contributed by atoms with Crippen LogP contribution in [0.25, 0.3) is 22.8 Å². The number of rotatable bonds is 6. The topological polar surface area (TPSA) is 121 Å². The molecule has 0 unspecified atom stereocenters. The molecule has 1 aromatic carbocycles. The van der Waals surface area contributed by atoms with E-state index in [4.69, 9.17) is 22.1 Å². The summed E-state index contributed by atoms with van der Waals surface area (Å²) in [6.45, 7) is 1.59. The zero-order valence-electron chi connectivity index (χ0n) is 19.4. The number of aryl methyl sites for hydroxylation is 1. The second-order valence-corrected chi connectivity index (χ2v) is 8.36. The molecule has 4 aromatic rings. The number of anilines is 1. The first-order chi connectivity index (χ1) is 17.6. The van der Waals surface area contributed by atoms with Gasteiger partial charge in [0.2, 0.25) is 5.95 Å². The summed E-state index contributed by atoms with van der Waals surface area (Å²) >= 11 is 6.47. The maximum absolute atomic E-state index is 14.0. The Morgan fingerprint density at radius 1 is 1.31 bits per heavy atom. The first-order valence-electron chi connectivity index (χ1n) is 11.2. The molecule has 0 radical (unpaired) electrons. The van der Waals surface area contributed by atoms with Gasteiger partial charge in [-0.25, -0.2) is 14.4 Å². The molecular formula is C24H23ClFN9O. The van der Waals surface area contributed by atoms with Gasteiger partial charge in [-0.2, -0.15) is 0 Å². The quantitative estimate of drug-likeness (QED) is 0.300. The number of benzene rings is 1. The van der Waals surface area contributed by atoms with Gasteiger partial charge in [0.15, 0.2) is 23.2 Å². The molecule has 1 aliphatic heterocycles. The lowest BCUT2D eigenvalue weighted by Gasteiger charge is -2.09. The average Bonchev–Trinajstić information content (AvgIpc) is 3.44. The Kier molecular flexibility index (Phi) is 6.63. The van der Waals surface area contributed by atoms with Crippen LogP contribution in [0.3, 0.4) is 0 Å². The van der Waals surface area contributed by atoms with Crippen molar-refractivity contribution in [3.63, 3.8) is 0 Å². The summed E-state index contributed by atoms with van der Waals surface area (Å²) in [5.74, 6) is 1.92. The lowest BCUT2D eigenvalue weighted by molar-refractivity contribution is 0.274. The highest BCUT2D eigenvalue weighted by Gasteiger charge is 2.23. The molecule has 0 atom stereocenters. The van der Waals surface area contributed by atoms with Gasteiger partial charge in [-0.15, -0.1) is 10.2 Å². The molecular weight excluding hydrogens is 485 g/mol. The fourth-order valence-corrected chi connectivity index (χ4v) is 4.19. The van der Waals surface area contributed by atoms with E-state index in [1.165, 1.54) is 18.5 Å². The maximum atomic E-state index is 14.0. The molecule has 5 rings (SSSR count). The van der Waals surface area contributed by atoms with Crippen LogP contribution < -0.4 is 15.8 Å². The highest BCUT2D eigenvalue weighted by molar-refractivity contribution is 6.33. The molecule has 3 aromatic heterocycles. The molecule has 3 N–H and O–H groups in total. The minimum absolute atomic E-state index is 0.104. The number of aromatic nitrogens is 6. The third-order valence-electron chi connectivity index (χ3n) is 5.68. The van der Waals surface area contributed by atoms with E-state index < -0.39 is 5.82 Å². The maximum Gasteiger partial charge on any atom is 0.228 e. The molecule has 0 fully saturated rings. The zero-order valence-corrected chi connectivity index (χ0v) is 20.2. The largest absolute Gasteiger partial charge is 0.483 e. The van der Waals surface area contributed by atoms with Gasteiger partial charge in [-0.3, -0.25) is 4.99 Å². The SMILES string of the molecule is CN=C(C=CN)Nc1ncc(Cl)c(-c2cc3n(c2)CCCn2c(COc4ccccc4F)nnc2-3)n1. The molecule has 1 aliphatic rings. The summed E-state index contributed by atoms with van der Waals surface area (Å²) in [5, 5.41) is 12.2. The number of fused-ring (bicyclic) bond motifs is 3. The smallest absolute Gasteiger partial charge is 0.228 e. The molecule has 0 aliphatic carbocycles. The van der Waals surface area contributed by atoms with Gasteiger partial charge in [0, 0.05) is 31.9 Å². The number of aliphatic imine (C=N–C) groups is 1. The Balaban J connectivity index is 1.44.